The summed E-state index contributed by atoms with van der Waals surface area (Å²) >= 11 is 7.55. The van der Waals surface area contributed by atoms with Gasteiger partial charge < -0.3 is 4.57 Å². The number of aryl methyl sites for hydroxylation is 1. The van der Waals surface area contributed by atoms with E-state index in [1.54, 1.807) is 29.8 Å². The van der Waals surface area contributed by atoms with Crippen LogP contribution in [0.25, 0.3) is 16.3 Å². The molecule has 0 aliphatic heterocycles. The number of benzene rings is 2. The van der Waals surface area contributed by atoms with E-state index in [2.05, 4.69) is 4.99 Å². The Morgan fingerprint density at radius 1 is 1.32 bits per heavy atom. The fourth-order valence-electron chi connectivity index (χ4n) is 2.30. The fraction of sp³-hybridized carbons (Fsp3) is 0.0588. The second kappa shape index (κ2) is 7.00. The molecule has 0 saturated carbocycles. The molecule has 1 aromatic heterocycles. The molecule has 0 unspecified atom stereocenters. The summed E-state index contributed by atoms with van der Waals surface area (Å²) < 4.78 is 2.70. The second-order valence-corrected chi connectivity index (χ2v) is 6.58. The summed E-state index contributed by atoms with van der Waals surface area (Å²) in [6.07, 6.45) is 2.78. The van der Waals surface area contributed by atoms with Crippen molar-refractivity contribution in [2.24, 2.45) is 12.0 Å². The highest BCUT2D eigenvalue weighted by atomic mass is 35.5. The predicted molar refractivity (Wildman–Crippen MR) is 98.5 cm³/mol. The van der Waals surface area contributed by atoms with Gasteiger partial charge in [0.1, 0.15) is 0 Å². The van der Waals surface area contributed by atoms with Crippen molar-refractivity contribution in [2.45, 2.75) is 0 Å². The molecule has 0 atom stereocenters. The maximum absolute atomic E-state index is 12.1. The van der Waals surface area contributed by atoms with E-state index in [9.17, 15) is 14.9 Å². The number of rotatable bonds is 3. The molecular formula is C17H12ClN3O3S. The van der Waals surface area contributed by atoms with Gasteiger partial charge in [-0.25, -0.2) is 0 Å². The van der Waals surface area contributed by atoms with Gasteiger partial charge in [0.2, 0.25) is 0 Å². The number of aromatic nitrogens is 1. The minimum atomic E-state index is -0.482. The molecule has 3 rings (SSSR count). The van der Waals surface area contributed by atoms with E-state index < -0.39 is 10.8 Å². The van der Waals surface area contributed by atoms with Crippen molar-refractivity contribution >= 4 is 50.8 Å². The van der Waals surface area contributed by atoms with Gasteiger partial charge in [0.15, 0.2) is 4.80 Å². The molecule has 2 aromatic carbocycles. The van der Waals surface area contributed by atoms with E-state index in [4.69, 9.17) is 11.6 Å². The van der Waals surface area contributed by atoms with Crippen LogP contribution in [0.3, 0.4) is 0 Å². The monoisotopic (exact) mass is 373 g/mol. The van der Waals surface area contributed by atoms with Crippen LogP contribution in [0.4, 0.5) is 5.69 Å². The first-order chi connectivity index (χ1) is 12.0. The number of hydrogen-bond donors (Lipinski definition) is 0. The van der Waals surface area contributed by atoms with E-state index in [1.165, 1.54) is 35.6 Å². The third kappa shape index (κ3) is 3.67. The lowest BCUT2D eigenvalue weighted by Crippen LogP contribution is -2.12. The van der Waals surface area contributed by atoms with Crippen LogP contribution in [0.1, 0.15) is 5.56 Å². The molecule has 0 radical (unpaired) electrons. The van der Waals surface area contributed by atoms with Crippen molar-refractivity contribution in [3.8, 4) is 0 Å². The quantitative estimate of drug-likeness (QED) is 0.396. The van der Waals surface area contributed by atoms with Crippen molar-refractivity contribution in [2.75, 3.05) is 0 Å². The lowest BCUT2D eigenvalue weighted by atomic mass is 10.2. The van der Waals surface area contributed by atoms with Gasteiger partial charge in [0.25, 0.3) is 11.6 Å². The van der Waals surface area contributed by atoms with Gasteiger partial charge in [-0.05, 0) is 23.8 Å². The molecule has 6 nitrogen and oxygen atoms in total. The minimum absolute atomic E-state index is 0.0305. The summed E-state index contributed by atoms with van der Waals surface area (Å²) in [7, 11) is 1.79. The Kier molecular flexibility index (Phi) is 4.78. The Hall–Kier alpha value is -2.77. The molecule has 1 heterocycles. The third-order valence-electron chi connectivity index (χ3n) is 3.48. The van der Waals surface area contributed by atoms with E-state index in [-0.39, 0.29) is 5.69 Å². The zero-order valence-electron chi connectivity index (χ0n) is 13.0. The molecule has 126 valence electrons. The van der Waals surface area contributed by atoms with Gasteiger partial charge in [-0.1, -0.05) is 41.1 Å². The number of non-ortho nitro benzene ring substituents is 1. The molecular weight excluding hydrogens is 362 g/mol. The zero-order chi connectivity index (χ0) is 18.0. The number of carbonyl (C=O) groups is 1. The van der Waals surface area contributed by atoms with Crippen LogP contribution >= 0.6 is 22.9 Å². The number of nitro benzene ring substituents is 1. The van der Waals surface area contributed by atoms with Gasteiger partial charge in [-0.2, -0.15) is 4.99 Å². The SMILES string of the molecule is Cn1c(=NC(=O)/C=C/c2cccc([N+](=O)[O-])c2)sc2cccc(Cl)c21. The molecule has 0 saturated heterocycles. The summed E-state index contributed by atoms with van der Waals surface area (Å²) in [6, 6.07) is 11.6. The molecule has 0 aliphatic carbocycles. The lowest BCUT2D eigenvalue weighted by Gasteiger charge is -1.97. The number of nitro groups is 1. The molecule has 25 heavy (non-hydrogen) atoms. The maximum atomic E-state index is 12.1. The lowest BCUT2D eigenvalue weighted by molar-refractivity contribution is -0.384. The largest absolute Gasteiger partial charge is 0.318 e. The maximum Gasteiger partial charge on any atom is 0.272 e. The molecule has 0 aliphatic rings. The number of hydrogen-bond acceptors (Lipinski definition) is 4. The first-order valence-electron chi connectivity index (χ1n) is 7.21. The summed E-state index contributed by atoms with van der Waals surface area (Å²) in [4.78, 5) is 27.0. The van der Waals surface area contributed by atoms with E-state index >= 15 is 0 Å². The van der Waals surface area contributed by atoms with E-state index in [0.717, 1.165) is 10.2 Å². The molecule has 3 aromatic rings. The van der Waals surface area contributed by atoms with Gasteiger partial charge >= 0.3 is 0 Å². The Balaban J connectivity index is 1.91. The van der Waals surface area contributed by atoms with Crippen molar-refractivity contribution in [1.29, 1.82) is 0 Å². The number of halogens is 1. The standard InChI is InChI=1S/C17H12ClN3O3S/c1-20-16-13(18)6-3-7-14(16)25-17(20)19-15(22)9-8-11-4-2-5-12(10-11)21(23)24/h2-10H,1H3/b9-8+,19-17?. The third-order valence-corrected chi connectivity index (χ3v) is 4.88. The van der Waals surface area contributed by atoms with Gasteiger partial charge in [-0.3, -0.25) is 14.9 Å². The molecule has 0 bridgehead atoms. The molecule has 0 N–H and O–H groups in total. The Bertz CT molecular complexity index is 1080. The van der Waals surface area contributed by atoms with Crippen molar-refractivity contribution < 1.29 is 9.72 Å². The Morgan fingerprint density at radius 3 is 2.80 bits per heavy atom. The average molecular weight is 374 g/mol. The number of fused-ring (bicyclic) bond motifs is 1. The van der Waals surface area contributed by atoms with E-state index in [1.807, 2.05) is 12.1 Å². The Morgan fingerprint density at radius 2 is 2.08 bits per heavy atom. The highest BCUT2D eigenvalue weighted by molar-refractivity contribution is 7.16. The molecule has 0 spiro atoms. The normalized spacial score (nSPS) is 12.2. The number of para-hydroxylation sites is 1. The van der Waals surface area contributed by atoms with Crippen molar-refractivity contribution in [3.05, 3.63) is 74.0 Å². The van der Waals surface area contributed by atoms with Crippen LogP contribution in [0.15, 0.2) is 53.5 Å². The topological polar surface area (TPSA) is 77.5 Å². The van der Waals surface area contributed by atoms with Gasteiger partial charge in [0.05, 0.1) is 20.2 Å². The van der Waals surface area contributed by atoms with Gasteiger partial charge in [0, 0.05) is 25.3 Å². The van der Waals surface area contributed by atoms with Crippen molar-refractivity contribution in [1.82, 2.24) is 4.57 Å². The van der Waals surface area contributed by atoms with E-state index in [0.29, 0.717) is 15.4 Å². The van der Waals surface area contributed by atoms with Crippen LogP contribution < -0.4 is 4.80 Å². The highest BCUT2D eigenvalue weighted by Gasteiger charge is 2.07. The smallest absolute Gasteiger partial charge is 0.272 e. The number of amides is 1. The highest BCUT2D eigenvalue weighted by Crippen LogP contribution is 2.24. The second-order valence-electron chi connectivity index (χ2n) is 5.17. The molecule has 1 amide bonds. The summed E-state index contributed by atoms with van der Waals surface area (Å²) in [6.45, 7) is 0. The minimum Gasteiger partial charge on any atom is -0.318 e. The van der Waals surface area contributed by atoms with Crippen molar-refractivity contribution in [3.63, 3.8) is 0 Å². The first-order valence-corrected chi connectivity index (χ1v) is 8.40. The summed E-state index contributed by atoms with van der Waals surface area (Å²) in [5, 5.41) is 11.4. The van der Waals surface area contributed by atoms with Crippen LogP contribution in [0, 0.1) is 10.1 Å². The summed E-state index contributed by atoms with van der Waals surface area (Å²) in [5.74, 6) is -0.454. The van der Waals surface area contributed by atoms with Crippen LogP contribution in [0.5, 0.6) is 0 Å². The number of nitrogens with zero attached hydrogens (tertiary/aromatic N) is 3. The number of carbonyl (C=O) groups excluding carboxylic acids is 1. The Labute approximate surface area is 151 Å². The van der Waals surface area contributed by atoms with Crippen LogP contribution in [-0.2, 0) is 11.8 Å². The fourth-order valence-corrected chi connectivity index (χ4v) is 3.71. The average Bonchev–Trinajstić information content (AvgIpc) is 2.90. The summed E-state index contributed by atoms with van der Waals surface area (Å²) in [5.41, 5.74) is 1.35. The molecule has 8 heteroatoms. The van der Waals surface area contributed by atoms with Crippen LogP contribution in [0.2, 0.25) is 5.02 Å². The number of thiazole rings is 1. The van der Waals surface area contributed by atoms with Crippen LogP contribution in [-0.4, -0.2) is 15.4 Å². The molecule has 0 fully saturated rings. The predicted octanol–water partition coefficient (Wildman–Crippen LogP) is 3.94. The first kappa shape index (κ1) is 17.1. The van der Waals surface area contributed by atoms with Gasteiger partial charge in [-0.15, -0.1) is 0 Å². The zero-order valence-corrected chi connectivity index (χ0v) is 14.6.